The predicted octanol–water partition coefficient (Wildman–Crippen LogP) is 5.35. The van der Waals surface area contributed by atoms with Crippen LogP contribution in [0.15, 0.2) is 35.5 Å². The van der Waals surface area contributed by atoms with Crippen LogP contribution in [-0.2, 0) is 9.53 Å². The molecule has 31 heavy (non-hydrogen) atoms. The molecule has 2 N–H and O–H groups in total. The molecule has 0 unspecified atom stereocenters. The summed E-state index contributed by atoms with van der Waals surface area (Å²) in [6, 6.07) is 0. The Morgan fingerprint density at radius 1 is 1.23 bits per heavy atom. The van der Waals surface area contributed by atoms with Gasteiger partial charge in [0.25, 0.3) is 0 Å². The van der Waals surface area contributed by atoms with Crippen molar-refractivity contribution in [2.24, 2.45) is 28.6 Å². The van der Waals surface area contributed by atoms with E-state index in [1.54, 1.807) is 0 Å². The molecule has 3 rings (SSSR count). The highest BCUT2D eigenvalue weighted by Crippen LogP contribution is 2.59. The predicted molar refractivity (Wildman–Crippen MR) is 124 cm³/mol. The summed E-state index contributed by atoms with van der Waals surface area (Å²) < 4.78 is 5.67. The monoisotopic (exact) mass is 430 g/mol. The van der Waals surface area contributed by atoms with E-state index in [1.807, 2.05) is 20.8 Å². The average Bonchev–Trinajstić information content (AvgIpc) is 3.05. The quantitative estimate of drug-likeness (QED) is 0.466. The first-order valence-corrected chi connectivity index (χ1v) is 12.0. The minimum atomic E-state index is -0.641. The van der Waals surface area contributed by atoms with Crippen LogP contribution < -0.4 is 0 Å². The molecule has 174 valence electrons. The number of carbonyl (C=O) groups is 1. The van der Waals surface area contributed by atoms with Crippen LogP contribution in [0, 0.1) is 28.6 Å². The molecule has 0 heterocycles. The number of ether oxygens (including phenoxy) is 1. The zero-order valence-corrected chi connectivity index (χ0v) is 20.1. The van der Waals surface area contributed by atoms with Crippen LogP contribution >= 0.6 is 0 Å². The topological polar surface area (TPSA) is 66.8 Å². The lowest BCUT2D eigenvalue weighted by molar-refractivity contribution is -0.155. The van der Waals surface area contributed by atoms with E-state index in [-0.39, 0.29) is 11.4 Å². The lowest BCUT2D eigenvalue weighted by atomic mass is 9.61. The summed E-state index contributed by atoms with van der Waals surface area (Å²) in [5.74, 6) is 1.36. The van der Waals surface area contributed by atoms with E-state index in [1.165, 1.54) is 31.3 Å². The van der Waals surface area contributed by atoms with Crippen molar-refractivity contribution in [3.8, 4) is 0 Å². The molecule has 4 heteroatoms. The van der Waals surface area contributed by atoms with E-state index in [2.05, 4.69) is 32.6 Å². The molecule has 0 aromatic heterocycles. The number of hydrogen-bond acceptors (Lipinski definition) is 4. The molecule has 6 atom stereocenters. The summed E-state index contributed by atoms with van der Waals surface area (Å²) >= 11 is 0. The second-order valence-corrected chi connectivity index (χ2v) is 11.5. The van der Waals surface area contributed by atoms with Gasteiger partial charge in [0.05, 0.1) is 24.2 Å². The zero-order valence-electron chi connectivity index (χ0n) is 20.1. The number of esters is 1. The molecule has 3 aliphatic carbocycles. The third kappa shape index (κ3) is 5.17. The van der Waals surface area contributed by atoms with Crippen molar-refractivity contribution >= 4 is 5.97 Å². The van der Waals surface area contributed by atoms with Gasteiger partial charge in [0.2, 0.25) is 0 Å². The van der Waals surface area contributed by atoms with Crippen molar-refractivity contribution in [3.05, 3.63) is 35.5 Å². The van der Waals surface area contributed by atoms with E-state index >= 15 is 0 Å². The summed E-state index contributed by atoms with van der Waals surface area (Å²) in [4.78, 5) is 12.2. The third-order valence-corrected chi connectivity index (χ3v) is 8.11. The van der Waals surface area contributed by atoms with Crippen molar-refractivity contribution in [2.75, 3.05) is 6.61 Å². The lowest BCUT2D eigenvalue weighted by Gasteiger charge is -2.44. The first kappa shape index (κ1) is 24.3. The molecule has 0 aromatic rings. The van der Waals surface area contributed by atoms with Crippen LogP contribution in [0.5, 0.6) is 0 Å². The molecule has 0 radical (unpaired) electrons. The Kier molecular flexibility index (Phi) is 7.22. The van der Waals surface area contributed by atoms with Gasteiger partial charge in [-0.05, 0) is 94.5 Å². The molecule has 0 aliphatic heterocycles. The van der Waals surface area contributed by atoms with Crippen LogP contribution in [0.3, 0.4) is 0 Å². The average molecular weight is 431 g/mol. The maximum Gasteiger partial charge on any atom is 0.311 e. The normalized spacial score (nSPS) is 36.3. The Labute approximate surface area is 188 Å². The van der Waals surface area contributed by atoms with Gasteiger partial charge in [-0.25, -0.2) is 0 Å². The fraction of sp³-hybridized carbons (Fsp3) is 0.741. The van der Waals surface area contributed by atoms with Crippen molar-refractivity contribution in [2.45, 2.75) is 91.8 Å². The summed E-state index contributed by atoms with van der Waals surface area (Å²) in [6.45, 7) is 14.7. The highest BCUT2D eigenvalue weighted by atomic mass is 16.5. The summed E-state index contributed by atoms with van der Waals surface area (Å²) in [7, 11) is 0. The van der Waals surface area contributed by atoms with Gasteiger partial charge in [-0.1, -0.05) is 43.7 Å². The Bertz CT molecular complexity index is 740. The van der Waals surface area contributed by atoms with Gasteiger partial charge in [-0.3, -0.25) is 4.79 Å². The minimum absolute atomic E-state index is 0.116. The summed E-state index contributed by atoms with van der Waals surface area (Å²) in [5.41, 5.74) is 2.94. The lowest BCUT2D eigenvalue weighted by Crippen LogP contribution is -2.37. The highest BCUT2D eigenvalue weighted by molar-refractivity contribution is 5.75. The smallest absolute Gasteiger partial charge is 0.311 e. The van der Waals surface area contributed by atoms with Gasteiger partial charge in [0.1, 0.15) is 0 Å². The second kappa shape index (κ2) is 9.23. The van der Waals surface area contributed by atoms with Crippen LogP contribution in [0.1, 0.15) is 79.6 Å². The van der Waals surface area contributed by atoms with Crippen LogP contribution in [-0.4, -0.2) is 35.0 Å². The standard InChI is InChI=1S/C27H42O4/c1-17(16-31-25(30)26(3,4)5)21-11-12-22-20(8-7-13-27(21,22)6)10-9-19-14-23(28)18(2)24(29)15-19/h9-10,17,21-24,28-29H,2,7-8,11-16H2,1,3-6H3/t17-,21-,22+,23-,24-,27-/m1/s1. The molecular weight excluding hydrogens is 388 g/mol. The molecular formula is C27H42O4. The maximum atomic E-state index is 12.2. The van der Waals surface area contributed by atoms with Gasteiger partial charge in [-0.2, -0.15) is 0 Å². The summed E-state index contributed by atoms with van der Waals surface area (Å²) in [6.07, 6.45) is 10.2. The van der Waals surface area contributed by atoms with Crippen molar-refractivity contribution in [1.82, 2.24) is 0 Å². The molecule has 0 spiro atoms. The largest absolute Gasteiger partial charge is 0.465 e. The Balaban J connectivity index is 1.69. The van der Waals surface area contributed by atoms with E-state index in [9.17, 15) is 15.0 Å². The second-order valence-electron chi connectivity index (χ2n) is 11.5. The molecule has 0 aromatic carbocycles. The molecule has 3 saturated carbocycles. The Morgan fingerprint density at radius 3 is 2.48 bits per heavy atom. The van der Waals surface area contributed by atoms with Crippen LogP contribution in [0.4, 0.5) is 0 Å². The van der Waals surface area contributed by atoms with Gasteiger partial charge < -0.3 is 14.9 Å². The van der Waals surface area contributed by atoms with E-state index in [0.717, 1.165) is 12.0 Å². The fourth-order valence-electron chi connectivity index (χ4n) is 6.18. The fourth-order valence-corrected chi connectivity index (χ4v) is 6.18. The number of hydrogen-bond donors (Lipinski definition) is 2. The van der Waals surface area contributed by atoms with Crippen molar-refractivity contribution in [3.63, 3.8) is 0 Å². The number of aliphatic hydroxyl groups is 2. The highest BCUT2D eigenvalue weighted by Gasteiger charge is 2.50. The number of carbonyl (C=O) groups excluding carboxylic acids is 1. The molecule has 0 saturated heterocycles. The Hall–Kier alpha value is -1.39. The van der Waals surface area contributed by atoms with Gasteiger partial charge in [-0.15, -0.1) is 0 Å². The molecule has 0 amide bonds. The van der Waals surface area contributed by atoms with E-state index in [4.69, 9.17) is 4.74 Å². The molecule has 3 fully saturated rings. The van der Waals surface area contributed by atoms with Gasteiger partial charge >= 0.3 is 5.97 Å². The summed E-state index contributed by atoms with van der Waals surface area (Å²) in [5, 5.41) is 20.3. The molecule has 3 aliphatic rings. The third-order valence-electron chi connectivity index (χ3n) is 8.11. The van der Waals surface area contributed by atoms with Crippen molar-refractivity contribution < 1.29 is 19.7 Å². The SMILES string of the molecule is C=C1[C@H](O)CC(=CC=C2CCC[C@]3(C)[C@@H]([C@H](C)COC(=O)C(C)(C)C)CC[C@@H]23)C[C@H]1O. The van der Waals surface area contributed by atoms with Gasteiger partial charge in [0.15, 0.2) is 0 Å². The van der Waals surface area contributed by atoms with Gasteiger partial charge in [0, 0.05) is 0 Å². The van der Waals surface area contributed by atoms with Crippen LogP contribution in [0.2, 0.25) is 0 Å². The van der Waals surface area contributed by atoms with Crippen molar-refractivity contribution in [1.29, 1.82) is 0 Å². The Morgan fingerprint density at radius 2 is 1.87 bits per heavy atom. The number of allylic oxidation sites excluding steroid dienone is 3. The van der Waals surface area contributed by atoms with E-state index in [0.29, 0.717) is 42.8 Å². The zero-order chi connectivity index (χ0) is 23.0. The number of fused-ring (bicyclic) bond motifs is 1. The minimum Gasteiger partial charge on any atom is -0.465 e. The van der Waals surface area contributed by atoms with Crippen LogP contribution in [0.25, 0.3) is 0 Å². The van der Waals surface area contributed by atoms with E-state index < -0.39 is 17.6 Å². The maximum absolute atomic E-state index is 12.2. The first-order valence-electron chi connectivity index (χ1n) is 12.0. The molecule has 4 nitrogen and oxygen atoms in total. The molecule has 0 bridgehead atoms. The number of rotatable bonds is 4. The first-order chi connectivity index (χ1) is 14.4. The number of aliphatic hydroxyl groups excluding tert-OH is 2.